The molecule has 0 fully saturated rings. The molecule has 0 aromatic heterocycles. The van der Waals surface area contributed by atoms with Crippen molar-refractivity contribution in [3.05, 3.63) is 59.7 Å². The Morgan fingerprint density at radius 2 is 0.816 bits per heavy atom. The van der Waals surface area contributed by atoms with Gasteiger partial charge < -0.3 is 98.4 Å². The highest BCUT2D eigenvalue weighted by atomic mass is 16.4. The Morgan fingerprint density at radius 3 is 1.17 bits per heavy atom. The van der Waals surface area contributed by atoms with Crippen molar-refractivity contribution in [2.24, 2.45) is 60.8 Å². The number of primary amides is 1. The van der Waals surface area contributed by atoms with Gasteiger partial charge in [0.25, 0.3) is 0 Å². The average Bonchev–Trinajstić information content (AvgIpc) is 3.35. The van der Waals surface area contributed by atoms with Gasteiger partial charge in [0.05, 0.1) is 6.04 Å². The molecule has 26 N–H and O–H groups in total. The first-order chi connectivity index (χ1) is 35.8. The van der Waals surface area contributed by atoms with Crippen molar-refractivity contribution < 1.29 is 58.5 Å². The summed E-state index contributed by atoms with van der Waals surface area (Å²) in [7, 11) is 0. The number of nitrogens with one attached hydrogen (secondary N) is 7. The van der Waals surface area contributed by atoms with Gasteiger partial charge in [-0.2, -0.15) is 0 Å². The number of benzene rings is 2. The minimum atomic E-state index is -1.54. The minimum Gasteiger partial charge on any atom is -0.508 e. The van der Waals surface area contributed by atoms with Crippen molar-refractivity contribution in [3.8, 4) is 11.5 Å². The molecule has 0 aliphatic carbocycles. The zero-order valence-corrected chi connectivity index (χ0v) is 42.0. The molecule has 30 nitrogen and oxygen atoms in total. The van der Waals surface area contributed by atoms with E-state index in [9.17, 15) is 58.5 Å². The fraction of sp³-hybridized carbons (Fsp3) is 0.478. The number of aliphatic imine (C=N–C) groups is 3. The molecule has 2 aromatic carbocycles. The number of phenolic OH excluding ortho intramolecular Hbond substituents is 2. The van der Waals surface area contributed by atoms with Crippen LogP contribution in [0.5, 0.6) is 11.5 Å². The van der Waals surface area contributed by atoms with Gasteiger partial charge in [-0.1, -0.05) is 24.3 Å². The lowest BCUT2D eigenvalue weighted by Gasteiger charge is -2.28. The SMILES string of the molecule is C[C@H](NC(=O)[C@@H](N)CCC(N)=O)C(=O)N[C@@H](Cc1ccc(O)cc1)C(=O)N[C@@H](CCCN=C(N)N)C(=O)N[C@@H](Cc1ccc(O)cc1)C(=O)N[C@@H](CCCN=C(N)N)C(=O)N[C@@H](CCCN=C(N)N)C(=O)NCC(=O)O. The molecule has 0 radical (unpaired) electrons. The first-order valence-corrected chi connectivity index (χ1v) is 23.9. The highest BCUT2D eigenvalue weighted by molar-refractivity contribution is 5.97. The molecule has 8 amide bonds. The van der Waals surface area contributed by atoms with Gasteiger partial charge in [-0.05, 0) is 87.3 Å². The lowest BCUT2D eigenvalue weighted by molar-refractivity contribution is -0.138. The monoisotopic (exact) mass is 1070 g/mol. The Kier molecular flexibility index (Phi) is 27.4. The van der Waals surface area contributed by atoms with Crippen LogP contribution in [0.25, 0.3) is 0 Å². The predicted octanol–water partition coefficient (Wildman–Crippen LogP) is -6.23. The molecule has 30 heteroatoms. The topological polar surface area (TPSA) is 544 Å². The lowest BCUT2D eigenvalue weighted by atomic mass is 10.0. The summed E-state index contributed by atoms with van der Waals surface area (Å²) in [6.45, 7) is 0.544. The smallest absolute Gasteiger partial charge is 0.322 e. The quantitative estimate of drug-likeness (QED) is 0.0176. The Bertz CT molecular complexity index is 2370. The zero-order valence-electron chi connectivity index (χ0n) is 42.0. The summed E-state index contributed by atoms with van der Waals surface area (Å²) in [4.78, 5) is 131. The number of aliphatic carboxylic acids is 1. The lowest BCUT2D eigenvalue weighted by Crippen LogP contribution is -2.60. The van der Waals surface area contributed by atoms with Crippen LogP contribution in [0.2, 0.25) is 0 Å². The zero-order chi connectivity index (χ0) is 56.9. The molecule has 0 heterocycles. The number of carboxylic acids is 1. The van der Waals surface area contributed by atoms with Gasteiger partial charge in [0.15, 0.2) is 17.9 Å². The highest BCUT2D eigenvalue weighted by Crippen LogP contribution is 2.15. The molecule has 0 saturated heterocycles. The van der Waals surface area contributed by atoms with Crippen LogP contribution in [0.1, 0.15) is 69.4 Å². The number of amides is 8. The van der Waals surface area contributed by atoms with Crippen LogP contribution in [-0.2, 0) is 56.0 Å². The number of carbonyl (C=O) groups excluding carboxylic acids is 8. The Hall–Kier alpha value is -8.96. The summed E-state index contributed by atoms with van der Waals surface area (Å²) in [6, 6.07) is 1.46. The molecule has 0 saturated carbocycles. The molecule has 2 rings (SSSR count). The van der Waals surface area contributed by atoms with E-state index in [4.69, 9.17) is 45.9 Å². The van der Waals surface area contributed by atoms with E-state index in [1.807, 2.05) is 0 Å². The van der Waals surface area contributed by atoms with Crippen LogP contribution in [0.15, 0.2) is 63.5 Å². The first-order valence-electron chi connectivity index (χ1n) is 23.9. The molecule has 0 spiro atoms. The molecule has 0 bridgehead atoms. The number of nitrogens with two attached hydrogens (primary N) is 8. The number of hydrogen-bond donors (Lipinski definition) is 18. The van der Waals surface area contributed by atoms with Crippen LogP contribution < -0.4 is 83.1 Å². The van der Waals surface area contributed by atoms with Gasteiger partial charge in [-0.3, -0.25) is 58.1 Å². The van der Waals surface area contributed by atoms with Crippen LogP contribution >= 0.6 is 0 Å². The molecule has 0 aliphatic rings. The number of hydrogen-bond acceptors (Lipinski definition) is 15. The summed E-state index contributed by atoms with van der Waals surface area (Å²) in [5.74, 6) is -9.27. The van der Waals surface area contributed by atoms with E-state index in [1.165, 1.54) is 55.5 Å². The van der Waals surface area contributed by atoms with Crippen LogP contribution in [0.3, 0.4) is 0 Å². The average molecular weight is 1070 g/mol. The Morgan fingerprint density at radius 1 is 0.474 bits per heavy atom. The molecule has 76 heavy (non-hydrogen) atoms. The standard InChI is InChI=1S/C46H72N18O12/c1-24(59-38(71)29(47)16-17-35(48)67)37(70)63-33(21-25-8-12-27(65)13-9-25)42(75)62-32(7-4-20-57-46(53)54)41(74)64-34(22-26-10-14-28(66)15-11-26)43(76)61-31(6-3-19-56-45(51)52)40(73)60-30(5-2-18-55-44(49)50)39(72)58-23-36(68)69/h8-15,24,29-34,65-66H,2-7,16-23,47H2,1H3,(H2,48,67)(H,58,72)(H,59,71)(H,60,73)(H,61,76)(H,62,75)(H,63,70)(H,64,74)(H,68,69)(H4,49,50,55)(H4,51,52,56)(H4,53,54,57)/t24-,29-,30-,31-,32-,33-,34-/m0/s1. The molecular formula is C46H72N18O12. The summed E-state index contributed by atoms with van der Waals surface area (Å²) >= 11 is 0. The number of guanidine groups is 3. The minimum absolute atomic E-state index is 0.00770. The number of rotatable bonds is 34. The van der Waals surface area contributed by atoms with Crippen molar-refractivity contribution in [2.75, 3.05) is 26.2 Å². The van der Waals surface area contributed by atoms with Crippen LogP contribution in [0, 0.1) is 0 Å². The fourth-order valence-corrected chi connectivity index (χ4v) is 6.96. The van der Waals surface area contributed by atoms with Crippen molar-refractivity contribution in [3.63, 3.8) is 0 Å². The Labute approximate surface area is 437 Å². The van der Waals surface area contributed by atoms with E-state index >= 15 is 0 Å². The van der Waals surface area contributed by atoms with E-state index in [2.05, 4.69) is 52.2 Å². The third-order valence-electron chi connectivity index (χ3n) is 11.0. The molecule has 418 valence electrons. The molecule has 2 aromatic rings. The van der Waals surface area contributed by atoms with Gasteiger partial charge in [0.2, 0.25) is 47.3 Å². The van der Waals surface area contributed by atoms with E-state index in [0.29, 0.717) is 11.1 Å². The van der Waals surface area contributed by atoms with Crippen molar-refractivity contribution >= 4 is 71.1 Å². The van der Waals surface area contributed by atoms with Gasteiger partial charge in [-0.25, -0.2) is 0 Å². The maximum Gasteiger partial charge on any atom is 0.322 e. The number of carboxylic acid groups (broad SMARTS) is 1. The summed E-state index contributed by atoms with van der Waals surface area (Å²) in [5.41, 5.74) is 44.7. The Balaban J connectivity index is 2.59. The predicted molar refractivity (Wildman–Crippen MR) is 278 cm³/mol. The van der Waals surface area contributed by atoms with Gasteiger partial charge in [-0.15, -0.1) is 0 Å². The molecule has 0 unspecified atom stereocenters. The van der Waals surface area contributed by atoms with Gasteiger partial charge in [0, 0.05) is 38.9 Å². The number of carbonyl (C=O) groups is 9. The van der Waals surface area contributed by atoms with E-state index in [1.54, 1.807) is 0 Å². The third-order valence-corrected chi connectivity index (χ3v) is 11.0. The third kappa shape index (κ3) is 25.6. The van der Waals surface area contributed by atoms with Crippen molar-refractivity contribution in [1.29, 1.82) is 0 Å². The van der Waals surface area contributed by atoms with E-state index in [-0.39, 0.29) is 113 Å². The van der Waals surface area contributed by atoms with Crippen molar-refractivity contribution in [2.45, 2.75) is 113 Å². The summed E-state index contributed by atoms with van der Waals surface area (Å²) in [6.07, 6.45) is -0.868. The molecular weight excluding hydrogens is 997 g/mol. The second-order valence-electron chi connectivity index (χ2n) is 17.3. The second kappa shape index (κ2) is 33.0. The number of phenols is 2. The van der Waals surface area contributed by atoms with Crippen molar-refractivity contribution in [1.82, 2.24) is 37.2 Å². The first kappa shape index (κ1) is 63.2. The van der Waals surface area contributed by atoms with E-state index in [0.717, 1.165) is 0 Å². The molecule has 7 atom stereocenters. The van der Waals surface area contributed by atoms with Crippen LogP contribution in [0.4, 0.5) is 0 Å². The molecule has 0 aliphatic heterocycles. The fourth-order valence-electron chi connectivity index (χ4n) is 6.96. The highest BCUT2D eigenvalue weighted by Gasteiger charge is 2.34. The van der Waals surface area contributed by atoms with E-state index < -0.39 is 102 Å². The maximum atomic E-state index is 14.5. The van der Waals surface area contributed by atoms with Gasteiger partial charge >= 0.3 is 5.97 Å². The van der Waals surface area contributed by atoms with Crippen LogP contribution in [-0.4, -0.2) is 155 Å². The number of aromatic hydroxyl groups is 2. The normalized spacial score (nSPS) is 13.4. The largest absolute Gasteiger partial charge is 0.508 e. The maximum absolute atomic E-state index is 14.5. The van der Waals surface area contributed by atoms with Gasteiger partial charge in [0.1, 0.15) is 54.3 Å². The number of nitrogens with zero attached hydrogens (tertiary/aromatic N) is 3. The second-order valence-corrected chi connectivity index (χ2v) is 17.3. The summed E-state index contributed by atoms with van der Waals surface area (Å²) < 4.78 is 0. The summed E-state index contributed by atoms with van der Waals surface area (Å²) in [5, 5.41) is 46.7.